The van der Waals surface area contributed by atoms with Crippen LogP contribution in [0.5, 0.6) is 5.75 Å². The average molecular weight is 211 g/mol. The van der Waals surface area contributed by atoms with E-state index in [1.54, 1.807) is 0 Å². The topological polar surface area (TPSA) is 64.7 Å². The van der Waals surface area contributed by atoms with Crippen molar-refractivity contribution in [1.29, 1.82) is 0 Å². The van der Waals surface area contributed by atoms with Gasteiger partial charge in [-0.15, -0.1) is 0 Å². The van der Waals surface area contributed by atoms with Crippen LogP contribution in [0.4, 0.5) is 4.39 Å². The van der Waals surface area contributed by atoms with E-state index >= 15 is 0 Å². The molecule has 1 aromatic carbocycles. The normalized spacial score (nSPS) is 10.4. The molecule has 0 spiro atoms. The van der Waals surface area contributed by atoms with Crippen LogP contribution in [0.3, 0.4) is 0 Å². The van der Waals surface area contributed by atoms with Gasteiger partial charge in [0.25, 0.3) is 0 Å². The third-order valence-electron chi connectivity index (χ3n) is 1.71. The Labute approximate surface area is 83.4 Å². The molecule has 72 valence electrons. The van der Waals surface area contributed by atoms with Crippen LogP contribution in [0.15, 0.2) is 18.2 Å². The van der Waals surface area contributed by atoms with Crippen molar-refractivity contribution in [3.63, 3.8) is 0 Å². The maximum Gasteiger partial charge on any atom is 0.213 e. The smallest absolute Gasteiger partial charge is 0.213 e. The first-order chi connectivity index (χ1) is 6.66. The predicted molar refractivity (Wildman–Crippen MR) is 50.8 cm³/mol. The van der Waals surface area contributed by atoms with Crippen molar-refractivity contribution in [2.24, 2.45) is 0 Å². The number of aromatic hydroxyl groups is 1. The summed E-state index contributed by atoms with van der Waals surface area (Å²) in [5, 5.41) is 14.6. The highest BCUT2D eigenvalue weighted by Crippen LogP contribution is 2.26. The lowest BCUT2D eigenvalue weighted by Crippen LogP contribution is -1.83. The van der Waals surface area contributed by atoms with E-state index in [2.05, 4.69) is 15.2 Å². The molecule has 1 aromatic heterocycles. The van der Waals surface area contributed by atoms with Crippen molar-refractivity contribution >= 4 is 12.2 Å². The van der Waals surface area contributed by atoms with E-state index in [9.17, 15) is 9.50 Å². The number of rotatable bonds is 1. The van der Waals surface area contributed by atoms with Gasteiger partial charge >= 0.3 is 0 Å². The fourth-order valence-corrected chi connectivity index (χ4v) is 1.24. The highest BCUT2D eigenvalue weighted by molar-refractivity contribution is 7.71. The van der Waals surface area contributed by atoms with Crippen molar-refractivity contribution in [2.75, 3.05) is 0 Å². The first-order valence-corrected chi connectivity index (χ1v) is 4.21. The van der Waals surface area contributed by atoms with Crippen LogP contribution in [-0.2, 0) is 0 Å². The summed E-state index contributed by atoms with van der Waals surface area (Å²) in [5.74, 6) is -0.184. The van der Waals surface area contributed by atoms with Crippen molar-refractivity contribution in [3.8, 4) is 17.1 Å². The van der Waals surface area contributed by atoms with Gasteiger partial charge in [0.1, 0.15) is 11.6 Å². The Morgan fingerprint density at radius 3 is 2.79 bits per heavy atom. The first-order valence-electron chi connectivity index (χ1n) is 3.80. The minimum absolute atomic E-state index is 0.0517. The minimum Gasteiger partial charge on any atom is -0.507 e. The molecular weight excluding hydrogens is 205 g/mol. The van der Waals surface area contributed by atoms with Crippen LogP contribution in [0, 0.1) is 10.6 Å². The zero-order valence-electron chi connectivity index (χ0n) is 6.91. The van der Waals surface area contributed by atoms with Crippen LogP contribution in [0.2, 0.25) is 0 Å². The third kappa shape index (κ3) is 1.51. The Balaban J connectivity index is 2.61. The van der Waals surface area contributed by atoms with Crippen LogP contribution < -0.4 is 0 Å². The first kappa shape index (κ1) is 8.89. The van der Waals surface area contributed by atoms with Gasteiger partial charge in [0.15, 0.2) is 5.82 Å². The predicted octanol–water partition coefficient (Wildman–Crippen LogP) is 1.98. The van der Waals surface area contributed by atoms with Gasteiger partial charge in [-0.05, 0) is 30.4 Å². The fourth-order valence-electron chi connectivity index (χ4n) is 1.10. The zero-order valence-corrected chi connectivity index (χ0v) is 7.73. The second-order valence-electron chi connectivity index (χ2n) is 2.68. The van der Waals surface area contributed by atoms with Crippen molar-refractivity contribution < 1.29 is 9.50 Å². The second-order valence-corrected chi connectivity index (χ2v) is 3.06. The standard InChI is InChI=1S/C8H6FN3OS/c9-4-1-2-6(13)5(3-4)7-10-8(14)12-11-7/h1-3,13H,(H2,10,11,12,14). The molecule has 4 nitrogen and oxygen atoms in total. The number of hydrogen-bond donors (Lipinski definition) is 3. The van der Waals surface area contributed by atoms with Gasteiger partial charge in [-0.25, -0.2) is 4.39 Å². The third-order valence-corrected chi connectivity index (χ3v) is 1.91. The molecule has 2 rings (SSSR count). The maximum atomic E-state index is 12.9. The molecule has 0 fully saturated rings. The molecule has 6 heteroatoms. The Morgan fingerprint density at radius 2 is 2.14 bits per heavy atom. The van der Waals surface area contributed by atoms with Crippen molar-refractivity contribution in [1.82, 2.24) is 15.2 Å². The number of nitrogens with one attached hydrogen (secondary N) is 2. The Kier molecular flexibility index (Phi) is 2.05. The number of nitrogens with zero attached hydrogens (tertiary/aromatic N) is 1. The number of benzene rings is 1. The SMILES string of the molecule is Oc1ccc(F)cc1-c1nc(=S)[nH][nH]1. The summed E-state index contributed by atoms with van der Waals surface area (Å²) in [7, 11) is 0. The molecule has 0 aliphatic carbocycles. The minimum atomic E-state index is -0.444. The number of H-pyrrole nitrogens is 2. The summed E-state index contributed by atoms with van der Waals surface area (Å²) in [5.41, 5.74) is 0.275. The molecule has 0 aliphatic heterocycles. The molecule has 0 unspecified atom stereocenters. The monoisotopic (exact) mass is 211 g/mol. The highest BCUT2D eigenvalue weighted by Gasteiger charge is 2.08. The van der Waals surface area contributed by atoms with Crippen LogP contribution in [0.25, 0.3) is 11.4 Å². The van der Waals surface area contributed by atoms with Crippen LogP contribution in [0.1, 0.15) is 0 Å². The Bertz CT molecular complexity index is 519. The molecule has 3 N–H and O–H groups in total. The average Bonchev–Trinajstić information content (AvgIpc) is 2.56. The van der Waals surface area contributed by atoms with Gasteiger partial charge in [0.2, 0.25) is 4.77 Å². The summed E-state index contributed by atoms with van der Waals surface area (Å²) in [6.45, 7) is 0. The van der Waals surface area contributed by atoms with Gasteiger partial charge in [-0.3, -0.25) is 10.2 Å². The Hall–Kier alpha value is -1.69. The molecular formula is C8H6FN3OS. The molecule has 0 saturated carbocycles. The van der Waals surface area contributed by atoms with E-state index < -0.39 is 5.82 Å². The summed E-state index contributed by atoms with van der Waals surface area (Å²) in [4.78, 5) is 3.86. The highest BCUT2D eigenvalue weighted by atomic mass is 32.1. The molecule has 0 saturated heterocycles. The van der Waals surface area contributed by atoms with E-state index in [1.807, 2.05) is 0 Å². The summed E-state index contributed by atoms with van der Waals surface area (Å²) >= 11 is 4.74. The van der Waals surface area contributed by atoms with E-state index in [-0.39, 0.29) is 16.1 Å². The molecule has 0 aliphatic rings. The summed E-state index contributed by atoms with van der Waals surface area (Å²) < 4.78 is 13.1. The van der Waals surface area contributed by atoms with E-state index in [0.29, 0.717) is 5.82 Å². The fraction of sp³-hybridized carbons (Fsp3) is 0. The van der Waals surface area contributed by atoms with Gasteiger partial charge in [0.05, 0.1) is 5.56 Å². The van der Waals surface area contributed by atoms with Crippen LogP contribution >= 0.6 is 12.2 Å². The molecule has 0 radical (unpaired) electrons. The number of aromatic amines is 2. The summed E-state index contributed by atoms with van der Waals surface area (Å²) in [6.07, 6.45) is 0. The van der Waals surface area contributed by atoms with E-state index in [0.717, 1.165) is 0 Å². The molecule has 2 aromatic rings. The van der Waals surface area contributed by atoms with Crippen molar-refractivity contribution in [2.45, 2.75) is 0 Å². The lowest BCUT2D eigenvalue weighted by atomic mass is 10.2. The largest absolute Gasteiger partial charge is 0.507 e. The van der Waals surface area contributed by atoms with Gasteiger partial charge in [-0.1, -0.05) is 0 Å². The van der Waals surface area contributed by atoms with Gasteiger partial charge in [-0.2, -0.15) is 4.98 Å². The number of aromatic nitrogens is 3. The lowest BCUT2D eigenvalue weighted by Gasteiger charge is -1.99. The summed E-state index contributed by atoms with van der Waals surface area (Å²) in [6, 6.07) is 3.60. The molecule has 1 heterocycles. The van der Waals surface area contributed by atoms with Gasteiger partial charge < -0.3 is 5.11 Å². The Morgan fingerprint density at radius 1 is 1.36 bits per heavy atom. The quantitative estimate of drug-likeness (QED) is 0.632. The van der Waals surface area contributed by atoms with E-state index in [4.69, 9.17) is 12.2 Å². The lowest BCUT2D eigenvalue weighted by molar-refractivity contribution is 0.475. The van der Waals surface area contributed by atoms with E-state index in [1.165, 1.54) is 18.2 Å². The number of halogens is 1. The number of phenols is 1. The number of hydrogen-bond acceptors (Lipinski definition) is 3. The van der Waals surface area contributed by atoms with Crippen LogP contribution in [-0.4, -0.2) is 20.3 Å². The van der Waals surface area contributed by atoms with Gasteiger partial charge in [0, 0.05) is 0 Å². The molecule has 14 heavy (non-hydrogen) atoms. The second kappa shape index (κ2) is 3.22. The van der Waals surface area contributed by atoms with Crippen molar-refractivity contribution in [3.05, 3.63) is 28.8 Å². The maximum absolute atomic E-state index is 12.9. The number of phenolic OH excluding ortho intramolecular Hbond substituents is 1. The molecule has 0 amide bonds. The molecule has 0 atom stereocenters. The molecule has 0 bridgehead atoms. The zero-order chi connectivity index (χ0) is 10.1.